The first-order chi connectivity index (χ1) is 12.2. The lowest BCUT2D eigenvalue weighted by Crippen LogP contribution is -2.51. The molecule has 0 heterocycles. The van der Waals surface area contributed by atoms with Crippen molar-refractivity contribution in [1.29, 1.82) is 0 Å². The monoisotopic (exact) mass is 332 g/mol. The van der Waals surface area contributed by atoms with Gasteiger partial charge in [0.25, 0.3) is 0 Å². The molecule has 0 aliphatic rings. The minimum atomic E-state index is 0.0558. The van der Waals surface area contributed by atoms with Gasteiger partial charge in [-0.1, -0.05) is 52.8 Å². The lowest BCUT2D eigenvalue weighted by molar-refractivity contribution is 0.415. The first kappa shape index (κ1) is 17.0. The van der Waals surface area contributed by atoms with Gasteiger partial charge in [0.15, 0.2) is 0 Å². The highest BCUT2D eigenvalue weighted by atomic mass is 16.5. The molecule has 25 heavy (non-hydrogen) atoms. The van der Waals surface area contributed by atoms with Gasteiger partial charge in [-0.3, -0.25) is 0 Å². The van der Waals surface area contributed by atoms with Gasteiger partial charge in [-0.25, -0.2) is 0 Å². The van der Waals surface area contributed by atoms with E-state index in [0.717, 1.165) is 33.6 Å². The zero-order valence-electron chi connectivity index (χ0n) is 14.7. The molecule has 0 spiro atoms. The van der Waals surface area contributed by atoms with Gasteiger partial charge in [0.05, 0.1) is 21.3 Å². The van der Waals surface area contributed by atoms with Crippen LogP contribution in [0.5, 0.6) is 17.2 Å². The first-order valence-corrected chi connectivity index (χ1v) is 8.17. The summed E-state index contributed by atoms with van der Waals surface area (Å²) in [5.41, 5.74) is 3.46. The highest BCUT2D eigenvalue weighted by Crippen LogP contribution is 2.12. The van der Waals surface area contributed by atoms with Crippen molar-refractivity contribution < 1.29 is 14.2 Å². The van der Waals surface area contributed by atoms with Crippen LogP contribution in [0.15, 0.2) is 72.8 Å². The number of hydrogen-bond acceptors (Lipinski definition) is 3. The number of hydrogen-bond donors (Lipinski definition) is 0. The van der Waals surface area contributed by atoms with Crippen LogP contribution in [0.3, 0.4) is 0 Å². The Labute approximate surface area is 149 Å². The minimum Gasteiger partial charge on any atom is -0.497 e. The molecule has 0 unspecified atom stereocenters. The fraction of sp³-hybridized carbons (Fsp3) is 0.143. The minimum absolute atomic E-state index is 0.0558. The van der Waals surface area contributed by atoms with Gasteiger partial charge < -0.3 is 14.2 Å². The predicted molar refractivity (Wildman–Crippen MR) is 104 cm³/mol. The van der Waals surface area contributed by atoms with E-state index in [9.17, 15) is 0 Å². The molecule has 4 heteroatoms. The number of methoxy groups -OCH3 is 3. The fourth-order valence-electron chi connectivity index (χ4n) is 3.04. The number of ether oxygens (including phenoxy) is 3. The molecule has 3 aromatic rings. The molecule has 0 atom stereocenters. The van der Waals surface area contributed by atoms with Crippen LogP contribution in [0, 0.1) is 0 Å². The van der Waals surface area contributed by atoms with Crippen molar-refractivity contribution in [3.63, 3.8) is 0 Å². The maximum atomic E-state index is 5.42. The number of benzene rings is 3. The summed E-state index contributed by atoms with van der Waals surface area (Å²) in [6.45, 7) is 0.0558. The third-order valence-corrected chi connectivity index (χ3v) is 4.28. The molecule has 3 aromatic carbocycles. The Kier molecular flexibility index (Phi) is 5.29. The van der Waals surface area contributed by atoms with Crippen LogP contribution in [0.4, 0.5) is 0 Å². The molecule has 0 N–H and O–H groups in total. The van der Waals surface area contributed by atoms with Gasteiger partial charge in [0.1, 0.15) is 17.2 Å². The van der Waals surface area contributed by atoms with E-state index in [1.54, 1.807) is 21.3 Å². The SMILES string of the molecule is COc1cccc(B(c2cccc(OC)c2)c2cccc(OC)c2)c1. The van der Waals surface area contributed by atoms with Crippen molar-refractivity contribution in [3.05, 3.63) is 72.8 Å². The normalized spacial score (nSPS) is 10.2. The summed E-state index contributed by atoms with van der Waals surface area (Å²) in [5.74, 6) is 2.52. The van der Waals surface area contributed by atoms with Crippen LogP contribution in [0.25, 0.3) is 0 Å². The van der Waals surface area contributed by atoms with Crippen molar-refractivity contribution in [2.24, 2.45) is 0 Å². The summed E-state index contributed by atoms with van der Waals surface area (Å²) >= 11 is 0. The molecule has 0 saturated carbocycles. The maximum absolute atomic E-state index is 5.42. The van der Waals surface area contributed by atoms with E-state index in [1.165, 1.54) is 0 Å². The topological polar surface area (TPSA) is 27.7 Å². The van der Waals surface area contributed by atoms with Gasteiger partial charge in [-0.15, -0.1) is 0 Å². The second kappa shape index (κ2) is 7.80. The molecule has 3 rings (SSSR count). The molecule has 0 amide bonds. The van der Waals surface area contributed by atoms with E-state index in [2.05, 4.69) is 36.4 Å². The molecule has 0 fully saturated rings. The molecule has 0 bridgehead atoms. The van der Waals surface area contributed by atoms with E-state index < -0.39 is 0 Å². The Morgan fingerprint density at radius 3 is 1.12 bits per heavy atom. The van der Waals surface area contributed by atoms with Gasteiger partial charge >= 0.3 is 0 Å². The second-order valence-corrected chi connectivity index (χ2v) is 5.76. The molecule has 0 radical (unpaired) electrons. The summed E-state index contributed by atoms with van der Waals surface area (Å²) < 4.78 is 16.3. The summed E-state index contributed by atoms with van der Waals surface area (Å²) in [4.78, 5) is 0. The van der Waals surface area contributed by atoms with E-state index in [1.807, 2.05) is 36.4 Å². The predicted octanol–water partition coefficient (Wildman–Crippen LogP) is 2.23. The van der Waals surface area contributed by atoms with Crippen LogP contribution in [-0.2, 0) is 0 Å². The van der Waals surface area contributed by atoms with Crippen LogP contribution >= 0.6 is 0 Å². The van der Waals surface area contributed by atoms with E-state index in [-0.39, 0.29) is 6.71 Å². The third-order valence-electron chi connectivity index (χ3n) is 4.28. The molecule has 0 aliphatic carbocycles. The smallest absolute Gasteiger partial charge is 0.241 e. The van der Waals surface area contributed by atoms with Crippen LogP contribution < -0.4 is 30.6 Å². The zero-order chi connectivity index (χ0) is 17.6. The Morgan fingerprint density at radius 2 is 0.840 bits per heavy atom. The maximum Gasteiger partial charge on any atom is 0.241 e. The quantitative estimate of drug-likeness (QED) is 0.648. The van der Waals surface area contributed by atoms with Crippen LogP contribution in [-0.4, -0.2) is 28.0 Å². The van der Waals surface area contributed by atoms with Crippen LogP contribution in [0.1, 0.15) is 0 Å². The highest BCUT2D eigenvalue weighted by molar-refractivity contribution is 6.95. The Bertz CT molecular complexity index is 735. The van der Waals surface area contributed by atoms with E-state index in [0.29, 0.717) is 0 Å². The standard InChI is InChI=1S/C21H21BO3/c1-23-19-10-4-7-16(13-19)22(17-8-5-11-20(14-17)24-2)18-9-6-12-21(15-18)25-3/h4-15H,1-3H3. The van der Waals surface area contributed by atoms with Crippen molar-refractivity contribution in [2.75, 3.05) is 21.3 Å². The Morgan fingerprint density at radius 1 is 0.520 bits per heavy atom. The van der Waals surface area contributed by atoms with E-state index in [4.69, 9.17) is 14.2 Å². The van der Waals surface area contributed by atoms with Crippen molar-refractivity contribution in [2.45, 2.75) is 0 Å². The van der Waals surface area contributed by atoms with Crippen molar-refractivity contribution >= 4 is 23.1 Å². The second-order valence-electron chi connectivity index (χ2n) is 5.76. The molecular formula is C21H21BO3. The summed E-state index contributed by atoms with van der Waals surface area (Å²) in [7, 11) is 5.06. The van der Waals surface area contributed by atoms with Gasteiger partial charge in [0.2, 0.25) is 6.71 Å². The van der Waals surface area contributed by atoms with Gasteiger partial charge in [-0.2, -0.15) is 0 Å². The fourth-order valence-corrected chi connectivity index (χ4v) is 3.04. The molecule has 0 aliphatic heterocycles. The average molecular weight is 332 g/mol. The molecule has 0 aromatic heterocycles. The van der Waals surface area contributed by atoms with Gasteiger partial charge in [0, 0.05) is 0 Å². The molecule has 126 valence electrons. The molecule has 3 nitrogen and oxygen atoms in total. The lowest BCUT2D eigenvalue weighted by atomic mass is 9.37. The Hall–Kier alpha value is -2.88. The van der Waals surface area contributed by atoms with E-state index >= 15 is 0 Å². The van der Waals surface area contributed by atoms with Crippen LogP contribution in [0.2, 0.25) is 0 Å². The van der Waals surface area contributed by atoms with Gasteiger partial charge in [-0.05, 0) is 36.4 Å². The summed E-state index contributed by atoms with van der Waals surface area (Å²) in [6, 6.07) is 24.5. The molecule has 0 saturated heterocycles. The van der Waals surface area contributed by atoms with Crippen molar-refractivity contribution in [1.82, 2.24) is 0 Å². The number of rotatable bonds is 6. The average Bonchev–Trinajstić information content (AvgIpc) is 2.68. The lowest BCUT2D eigenvalue weighted by Gasteiger charge is -2.17. The first-order valence-electron chi connectivity index (χ1n) is 8.17. The zero-order valence-corrected chi connectivity index (χ0v) is 14.7. The molecular weight excluding hydrogens is 311 g/mol. The largest absolute Gasteiger partial charge is 0.497 e. The third kappa shape index (κ3) is 3.79. The summed E-state index contributed by atoms with van der Waals surface area (Å²) in [6.07, 6.45) is 0. The van der Waals surface area contributed by atoms with Crippen molar-refractivity contribution in [3.8, 4) is 17.2 Å². The summed E-state index contributed by atoms with van der Waals surface area (Å²) in [5, 5.41) is 0. The Balaban J connectivity index is 2.16. The highest BCUT2D eigenvalue weighted by Gasteiger charge is 2.23.